The first-order valence-corrected chi connectivity index (χ1v) is 9.92. The molecule has 1 N–H and O–H groups in total. The van der Waals surface area contributed by atoms with Crippen LogP contribution in [0.5, 0.6) is 6.01 Å². The minimum absolute atomic E-state index is 0.00360. The van der Waals surface area contributed by atoms with E-state index in [1.54, 1.807) is 0 Å². The van der Waals surface area contributed by atoms with Gasteiger partial charge in [0.05, 0.1) is 30.9 Å². The first-order chi connectivity index (χ1) is 13.4. The minimum Gasteiger partial charge on any atom is -0.459 e. The van der Waals surface area contributed by atoms with Crippen molar-refractivity contribution in [2.45, 2.75) is 23.8 Å². The molecule has 0 radical (unpaired) electrons. The van der Waals surface area contributed by atoms with Crippen LogP contribution in [-0.4, -0.2) is 55.1 Å². The van der Waals surface area contributed by atoms with E-state index >= 15 is 0 Å². The largest absolute Gasteiger partial charge is 0.459 e. The van der Waals surface area contributed by atoms with Gasteiger partial charge in [-0.25, -0.2) is 27.6 Å². The van der Waals surface area contributed by atoms with Crippen LogP contribution in [0.1, 0.15) is 12.8 Å². The lowest BCUT2D eigenvalue weighted by molar-refractivity contribution is 0.119. The zero-order valence-electron chi connectivity index (χ0n) is 15.0. The smallest absolute Gasteiger partial charge is 0.411 e. The van der Waals surface area contributed by atoms with E-state index in [2.05, 4.69) is 20.0 Å². The summed E-state index contributed by atoms with van der Waals surface area (Å²) >= 11 is 0. The average molecular weight is 410 g/mol. The number of carbonyl (C=O) groups excluding carboxylic acids is 1. The van der Waals surface area contributed by atoms with Crippen molar-refractivity contribution >= 4 is 21.8 Å². The van der Waals surface area contributed by atoms with Crippen LogP contribution in [0.25, 0.3) is 0 Å². The molecule has 2 heterocycles. The topological polar surface area (TPSA) is 111 Å². The van der Waals surface area contributed by atoms with Gasteiger partial charge >= 0.3 is 12.1 Å². The van der Waals surface area contributed by atoms with E-state index < -0.39 is 28.0 Å². The molecule has 11 heteroatoms. The Morgan fingerprint density at radius 3 is 2.57 bits per heavy atom. The maximum absolute atomic E-state index is 12.9. The second-order valence-electron chi connectivity index (χ2n) is 6.07. The van der Waals surface area contributed by atoms with E-state index in [1.165, 1.54) is 35.7 Å². The quantitative estimate of drug-likeness (QED) is 0.803. The zero-order chi connectivity index (χ0) is 20.1. The van der Waals surface area contributed by atoms with Crippen LogP contribution in [0.3, 0.4) is 0 Å². The van der Waals surface area contributed by atoms with Gasteiger partial charge in [0.1, 0.15) is 6.10 Å². The number of hydrogen-bond acceptors (Lipinski definition) is 7. The summed E-state index contributed by atoms with van der Waals surface area (Å²) in [6, 6.07) is 5.79. The summed E-state index contributed by atoms with van der Waals surface area (Å²) in [4.78, 5) is 18.8. The van der Waals surface area contributed by atoms with Gasteiger partial charge in [0.2, 0.25) is 10.0 Å². The number of methoxy groups -OCH3 is 1. The van der Waals surface area contributed by atoms with Gasteiger partial charge in [-0.1, -0.05) is 0 Å². The number of carbonyl (C=O) groups is 1. The number of halogens is 1. The van der Waals surface area contributed by atoms with E-state index in [-0.39, 0.29) is 17.5 Å². The molecule has 1 aromatic carbocycles. The molecule has 1 fully saturated rings. The van der Waals surface area contributed by atoms with Crippen LogP contribution < -0.4 is 10.1 Å². The highest BCUT2D eigenvalue weighted by molar-refractivity contribution is 7.89. The molecule has 1 aliphatic heterocycles. The number of anilines is 1. The third kappa shape index (κ3) is 4.73. The first-order valence-electron chi connectivity index (χ1n) is 8.48. The zero-order valence-corrected chi connectivity index (χ0v) is 15.9. The lowest BCUT2D eigenvalue weighted by Crippen LogP contribution is -2.44. The highest BCUT2D eigenvalue weighted by atomic mass is 32.2. The number of hydrogen-bond donors (Lipinski definition) is 1. The molecule has 0 spiro atoms. The molecule has 1 aromatic heterocycles. The minimum atomic E-state index is -3.74. The molecule has 1 unspecified atom stereocenters. The molecule has 1 amide bonds. The molecule has 0 aliphatic carbocycles. The summed E-state index contributed by atoms with van der Waals surface area (Å²) < 4.78 is 50.1. The van der Waals surface area contributed by atoms with Crippen LogP contribution in [0, 0.1) is 5.82 Å². The SMILES string of the molecule is COC(=O)Nc1ccc(S(=O)(=O)N2CCCC(Oc3ncc(F)cn3)C2)cc1. The van der Waals surface area contributed by atoms with Crippen molar-refractivity contribution in [3.63, 3.8) is 0 Å². The average Bonchev–Trinajstić information content (AvgIpc) is 2.70. The van der Waals surface area contributed by atoms with Crippen LogP contribution in [0.2, 0.25) is 0 Å². The van der Waals surface area contributed by atoms with Gasteiger partial charge in [0.15, 0.2) is 5.82 Å². The van der Waals surface area contributed by atoms with Crippen molar-refractivity contribution in [3.05, 3.63) is 42.5 Å². The Balaban J connectivity index is 1.68. The molecule has 2 aromatic rings. The summed E-state index contributed by atoms with van der Waals surface area (Å²) in [5.41, 5.74) is 0.416. The fraction of sp³-hybridized carbons (Fsp3) is 0.353. The van der Waals surface area contributed by atoms with Gasteiger partial charge < -0.3 is 9.47 Å². The maximum atomic E-state index is 12.9. The van der Waals surface area contributed by atoms with Crippen LogP contribution in [-0.2, 0) is 14.8 Å². The third-order valence-electron chi connectivity index (χ3n) is 4.13. The van der Waals surface area contributed by atoms with Crippen LogP contribution >= 0.6 is 0 Å². The van der Waals surface area contributed by atoms with E-state index in [0.717, 1.165) is 12.4 Å². The summed E-state index contributed by atoms with van der Waals surface area (Å²) in [5, 5.41) is 2.46. The Morgan fingerprint density at radius 1 is 1.25 bits per heavy atom. The molecule has 150 valence electrons. The molecule has 28 heavy (non-hydrogen) atoms. The Morgan fingerprint density at radius 2 is 1.93 bits per heavy atom. The lowest BCUT2D eigenvalue weighted by Gasteiger charge is -2.31. The number of amides is 1. The van der Waals surface area contributed by atoms with Gasteiger partial charge in [-0.15, -0.1) is 0 Å². The fourth-order valence-corrected chi connectivity index (χ4v) is 4.27. The highest BCUT2D eigenvalue weighted by Crippen LogP contribution is 2.23. The Hall–Kier alpha value is -2.79. The van der Waals surface area contributed by atoms with Gasteiger partial charge in [0.25, 0.3) is 0 Å². The van der Waals surface area contributed by atoms with Gasteiger partial charge in [-0.05, 0) is 37.1 Å². The Labute approximate surface area is 161 Å². The number of piperidine rings is 1. The fourth-order valence-electron chi connectivity index (χ4n) is 2.76. The maximum Gasteiger partial charge on any atom is 0.411 e. The first kappa shape index (κ1) is 20.0. The van der Waals surface area contributed by atoms with Crippen molar-refractivity contribution in [3.8, 4) is 6.01 Å². The Kier molecular flexibility index (Phi) is 6.05. The number of sulfonamides is 1. The van der Waals surface area contributed by atoms with E-state index in [1.807, 2.05) is 0 Å². The van der Waals surface area contributed by atoms with Crippen LogP contribution in [0.15, 0.2) is 41.6 Å². The van der Waals surface area contributed by atoms with Gasteiger partial charge in [-0.3, -0.25) is 5.32 Å². The predicted octanol–water partition coefficient (Wildman–Crippen LogP) is 2.03. The molecular formula is C17H19FN4O5S. The van der Waals surface area contributed by atoms with E-state index in [9.17, 15) is 17.6 Å². The summed E-state index contributed by atoms with van der Waals surface area (Å²) in [6.07, 6.45) is 2.14. The van der Waals surface area contributed by atoms with E-state index in [0.29, 0.717) is 25.1 Å². The van der Waals surface area contributed by atoms with Crippen molar-refractivity contribution < 1.29 is 27.1 Å². The molecule has 1 saturated heterocycles. The number of nitrogens with one attached hydrogen (secondary N) is 1. The lowest BCUT2D eigenvalue weighted by atomic mass is 10.1. The highest BCUT2D eigenvalue weighted by Gasteiger charge is 2.31. The summed E-state index contributed by atoms with van der Waals surface area (Å²) in [7, 11) is -2.50. The molecule has 1 atom stereocenters. The van der Waals surface area contributed by atoms with Gasteiger partial charge in [-0.2, -0.15) is 4.31 Å². The second-order valence-corrected chi connectivity index (χ2v) is 8.01. The number of rotatable bonds is 5. The molecule has 1 aliphatic rings. The van der Waals surface area contributed by atoms with Crippen molar-refractivity contribution in [1.82, 2.24) is 14.3 Å². The van der Waals surface area contributed by atoms with Crippen LogP contribution in [0.4, 0.5) is 14.9 Å². The number of aromatic nitrogens is 2. The number of nitrogens with zero attached hydrogens (tertiary/aromatic N) is 3. The second kappa shape index (κ2) is 8.48. The Bertz CT molecular complexity index is 922. The summed E-state index contributed by atoms with van der Waals surface area (Å²) in [5.74, 6) is -0.578. The summed E-state index contributed by atoms with van der Waals surface area (Å²) in [6.45, 7) is 0.486. The number of ether oxygens (including phenoxy) is 2. The van der Waals surface area contributed by atoms with Crippen molar-refractivity contribution in [1.29, 1.82) is 0 Å². The van der Waals surface area contributed by atoms with E-state index in [4.69, 9.17) is 4.74 Å². The van der Waals surface area contributed by atoms with Crippen molar-refractivity contribution in [2.24, 2.45) is 0 Å². The molecular weight excluding hydrogens is 391 g/mol. The van der Waals surface area contributed by atoms with Gasteiger partial charge in [0, 0.05) is 12.2 Å². The molecule has 0 saturated carbocycles. The standard InChI is InChI=1S/C17H19FN4O5S/c1-26-17(23)21-13-4-6-15(7-5-13)28(24,25)22-8-2-3-14(11-22)27-16-19-9-12(18)10-20-16/h4-7,9-10,14H,2-3,8,11H2,1H3,(H,21,23). The number of benzene rings is 1. The molecule has 9 nitrogen and oxygen atoms in total. The molecule has 3 rings (SSSR count). The molecule has 0 bridgehead atoms. The predicted molar refractivity (Wildman–Crippen MR) is 96.9 cm³/mol. The normalized spacial score (nSPS) is 17.7. The monoisotopic (exact) mass is 410 g/mol. The third-order valence-corrected chi connectivity index (χ3v) is 6.01. The van der Waals surface area contributed by atoms with Crippen molar-refractivity contribution in [2.75, 3.05) is 25.5 Å².